The SMILES string of the molecule is Cc1cccc(C)c1NC(=O)CNC(=O)[C@H](C)N1CCN(C(=O)c2ccccc2)CC1. The van der Waals surface area contributed by atoms with Gasteiger partial charge in [0.2, 0.25) is 11.8 Å². The summed E-state index contributed by atoms with van der Waals surface area (Å²) in [5.41, 5.74) is 3.43. The van der Waals surface area contributed by atoms with Crippen molar-refractivity contribution in [1.82, 2.24) is 15.1 Å². The second kappa shape index (κ2) is 10.2. The number of benzene rings is 2. The fourth-order valence-corrected chi connectivity index (χ4v) is 3.75. The predicted octanol–water partition coefficient (Wildman–Crippen LogP) is 2.20. The second-order valence-electron chi connectivity index (χ2n) is 7.90. The standard InChI is InChI=1S/C24H30N4O3/c1-17-8-7-9-18(2)22(17)26-21(29)16-25-23(30)19(3)27-12-14-28(15-13-27)24(31)20-10-5-4-6-11-20/h4-11,19H,12-16H2,1-3H3,(H,25,30)(H,26,29)/t19-/m0/s1. The van der Waals surface area contributed by atoms with E-state index in [1.54, 1.807) is 0 Å². The zero-order valence-corrected chi connectivity index (χ0v) is 18.4. The van der Waals surface area contributed by atoms with Crippen LogP contribution in [-0.2, 0) is 9.59 Å². The average Bonchev–Trinajstić information content (AvgIpc) is 2.79. The molecule has 0 unspecified atom stereocenters. The van der Waals surface area contributed by atoms with Crippen molar-refractivity contribution in [3.63, 3.8) is 0 Å². The highest BCUT2D eigenvalue weighted by Crippen LogP contribution is 2.19. The molecule has 2 aromatic carbocycles. The first-order valence-corrected chi connectivity index (χ1v) is 10.6. The van der Waals surface area contributed by atoms with Crippen molar-refractivity contribution in [2.75, 3.05) is 38.0 Å². The number of nitrogens with zero attached hydrogens (tertiary/aromatic N) is 2. The third kappa shape index (κ3) is 5.70. The number of hydrogen-bond acceptors (Lipinski definition) is 4. The number of piperazine rings is 1. The molecule has 3 amide bonds. The maximum Gasteiger partial charge on any atom is 0.253 e. The lowest BCUT2D eigenvalue weighted by molar-refractivity contribution is -0.128. The Morgan fingerprint density at radius 3 is 2.13 bits per heavy atom. The van der Waals surface area contributed by atoms with Gasteiger partial charge in [-0.25, -0.2) is 0 Å². The van der Waals surface area contributed by atoms with Gasteiger partial charge in [-0.3, -0.25) is 19.3 Å². The van der Waals surface area contributed by atoms with E-state index in [-0.39, 0.29) is 30.3 Å². The van der Waals surface area contributed by atoms with E-state index in [4.69, 9.17) is 0 Å². The third-order valence-electron chi connectivity index (χ3n) is 5.72. The molecule has 0 spiro atoms. The summed E-state index contributed by atoms with van der Waals surface area (Å²) in [6.07, 6.45) is 0. The Labute approximate surface area is 183 Å². The first-order chi connectivity index (χ1) is 14.9. The Morgan fingerprint density at radius 2 is 1.52 bits per heavy atom. The number of anilines is 1. The van der Waals surface area contributed by atoms with Crippen molar-refractivity contribution in [2.45, 2.75) is 26.8 Å². The van der Waals surface area contributed by atoms with Gasteiger partial charge in [0.15, 0.2) is 0 Å². The molecule has 31 heavy (non-hydrogen) atoms. The first kappa shape index (κ1) is 22.5. The third-order valence-corrected chi connectivity index (χ3v) is 5.72. The minimum Gasteiger partial charge on any atom is -0.346 e. The zero-order chi connectivity index (χ0) is 22.4. The van der Waals surface area contributed by atoms with Gasteiger partial charge >= 0.3 is 0 Å². The largest absolute Gasteiger partial charge is 0.346 e. The molecule has 1 aliphatic rings. The van der Waals surface area contributed by atoms with Gasteiger partial charge in [0, 0.05) is 37.4 Å². The fraction of sp³-hybridized carbons (Fsp3) is 0.375. The minimum absolute atomic E-state index is 0.0144. The highest BCUT2D eigenvalue weighted by molar-refractivity contribution is 5.96. The molecule has 1 fully saturated rings. The van der Waals surface area contributed by atoms with Gasteiger partial charge in [-0.1, -0.05) is 36.4 Å². The first-order valence-electron chi connectivity index (χ1n) is 10.6. The second-order valence-corrected chi connectivity index (χ2v) is 7.90. The van der Waals surface area contributed by atoms with E-state index in [1.807, 2.05) is 79.1 Å². The summed E-state index contributed by atoms with van der Waals surface area (Å²) in [5.74, 6) is -0.434. The smallest absolute Gasteiger partial charge is 0.253 e. The van der Waals surface area contributed by atoms with Crippen LogP contribution in [-0.4, -0.2) is 66.3 Å². The highest BCUT2D eigenvalue weighted by Gasteiger charge is 2.28. The van der Waals surface area contributed by atoms with Crippen molar-refractivity contribution >= 4 is 23.4 Å². The summed E-state index contributed by atoms with van der Waals surface area (Å²) in [5, 5.41) is 5.60. The molecule has 0 radical (unpaired) electrons. The minimum atomic E-state index is -0.373. The topological polar surface area (TPSA) is 81.8 Å². The number of carbonyl (C=O) groups excluding carboxylic acids is 3. The lowest BCUT2D eigenvalue weighted by Crippen LogP contribution is -2.55. The van der Waals surface area contributed by atoms with Gasteiger partial charge in [0.25, 0.3) is 5.91 Å². The number of para-hydroxylation sites is 1. The molecule has 0 aliphatic carbocycles. The van der Waals surface area contributed by atoms with Gasteiger partial charge in [-0.2, -0.15) is 0 Å². The Bertz CT molecular complexity index is 917. The molecule has 2 N–H and O–H groups in total. The Morgan fingerprint density at radius 1 is 0.903 bits per heavy atom. The average molecular weight is 423 g/mol. The van der Waals surface area contributed by atoms with Crippen LogP contribution >= 0.6 is 0 Å². The lowest BCUT2D eigenvalue weighted by atomic mass is 10.1. The van der Waals surface area contributed by atoms with Crippen molar-refractivity contribution < 1.29 is 14.4 Å². The van der Waals surface area contributed by atoms with Crippen molar-refractivity contribution in [1.29, 1.82) is 0 Å². The number of rotatable bonds is 6. The van der Waals surface area contributed by atoms with Gasteiger partial charge in [0.05, 0.1) is 12.6 Å². The zero-order valence-electron chi connectivity index (χ0n) is 18.4. The molecule has 7 heteroatoms. The molecule has 0 aromatic heterocycles. The van der Waals surface area contributed by atoms with Crippen LogP contribution < -0.4 is 10.6 Å². The van der Waals surface area contributed by atoms with Crippen LogP contribution in [0.15, 0.2) is 48.5 Å². The van der Waals surface area contributed by atoms with Gasteiger partial charge in [0.1, 0.15) is 0 Å². The molecule has 2 aromatic rings. The van der Waals surface area contributed by atoms with Crippen LogP contribution in [0.25, 0.3) is 0 Å². The van der Waals surface area contributed by atoms with E-state index >= 15 is 0 Å². The Kier molecular flexibility index (Phi) is 7.41. The lowest BCUT2D eigenvalue weighted by Gasteiger charge is -2.37. The number of amides is 3. The van der Waals surface area contributed by atoms with E-state index in [9.17, 15) is 14.4 Å². The fourth-order valence-electron chi connectivity index (χ4n) is 3.75. The van der Waals surface area contributed by atoms with Crippen molar-refractivity contribution in [2.24, 2.45) is 0 Å². The van der Waals surface area contributed by atoms with E-state index < -0.39 is 0 Å². The summed E-state index contributed by atoms with van der Waals surface area (Å²) in [4.78, 5) is 41.3. The molecule has 7 nitrogen and oxygen atoms in total. The van der Waals surface area contributed by atoms with E-state index in [0.29, 0.717) is 31.7 Å². The molecule has 1 heterocycles. The van der Waals surface area contributed by atoms with Gasteiger partial charge in [-0.15, -0.1) is 0 Å². The maximum atomic E-state index is 12.6. The molecule has 3 rings (SSSR count). The normalized spacial score (nSPS) is 15.3. The quantitative estimate of drug-likeness (QED) is 0.748. The van der Waals surface area contributed by atoms with Crippen LogP contribution in [0.4, 0.5) is 5.69 Å². The monoisotopic (exact) mass is 422 g/mol. The molecular weight excluding hydrogens is 392 g/mol. The van der Waals surface area contributed by atoms with Crippen LogP contribution in [0.1, 0.15) is 28.4 Å². The van der Waals surface area contributed by atoms with Crippen LogP contribution in [0.3, 0.4) is 0 Å². The summed E-state index contributed by atoms with van der Waals surface area (Å²) in [6.45, 7) is 7.98. The summed E-state index contributed by atoms with van der Waals surface area (Å²) in [6, 6.07) is 14.7. The molecule has 1 saturated heterocycles. The molecule has 0 saturated carbocycles. The summed E-state index contributed by atoms with van der Waals surface area (Å²) >= 11 is 0. The summed E-state index contributed by atoms with van der Waals surface area (Å²) < 4.78 is 0. The summed E-state index contributed by atoms with van der Waals surface area (Å²) in [7, 11) is 0. The Balaban J connectivity index is 1.45. The van der Waals surface area contributed by atoms with Crippen molar-refractivity contribution in [3.05, 3.63) is 65.2 Å². The molecule has 1 atom stereocenters. The Hall–Kier alpha value is -3.19. The van der Waals surface area contributed by atoms with Crippen LogP contribution in [0, 0.1) is 13.8 Å². The number of hydrogen-bond donors (Lipinski definition) is 2. The number of carbonyl (C=O) groups is 3. The molecule has 1 aliphatic heterocycles. The number of aryl methyl sites for hydroxylation is 2. The highest BCUT2D eigenvalue weighted by atomic mass is 16.2. The van der Waals surface area contributed by atoms with Gasteiger partial charge in [-0.05, 0) is 44.0 Å². The predicted molar refractivity (Wildman–Crippen MR) is 121 cm³/mol. The van der Waals surface area contributed by atoms with Crippen LogP contribution in [0.5, 0.6) is 0 Å². The van der Waals surface area contributed by atoms with Crippen LogP contribution in [0.2, 0.25) is 0 Å². The number of nitrogens with one attached hydrogen (secondary N) is 2. The van der Waals surface area contributed by atoms with Gasteiger partial charge < -0.3 is 15.5 Å². The van der Waals surface area contributed by atoms with E-state index in [0.717, 1.165) is 16.8 Å². The molecule has 164 valence electrons. The van der Waals surface area contributed by atoms with E-state index in [2.05, 4.69) is 10.6 Å². The molecule has 0 bridgehead atoms. The molecular formula is C24H30N4O3. The van der Waals surface area contributed by atoms with E-state index in [1.165, 1.54) is 0 Å². The van der Waals surface area contributed by atoms with Crippen molar-refractivity contribution in [3.8, 4) is 0 Å². The maximum absolute atomic E-state index is 12.6.